The second kappa shape index (κ2) is 3.29. The van der Waals surface area contributed by atoms with Crippen LogP contribution in [0.3, 0.4) is 0 Å². The predicted octanol–water partition coefficient (Wildman–Crippen LogP) is 0.817. The molecule has 2 nitrogen and oxygen atoms in total. The highest BCUT2D eigenvalue weighted by Gasteiger charge is 2.29. The van der Waals surface area contributed by atoms with Crippen LogP contribution >= 0.6 is 0 Å². The lowest BCUT2D eigenvalue weighted by Gasteiger charge is -2.03. The zero-order chi connectivity index (χ0) is 8.39. The van der Waals surface area contributed by atoms with Crippen LogP contribution in [0.4, 0.5) is 0 Å². The van der Waals surface area contributed by atoms with Gasteiger partial charge in [0.15, 0.2) is 0 Å². The first-order valence-corrected chi connectivity index (χ1v) is 4.18. The minimum absolute atomic E-state index is 0.152. The van der Waals surface area contributed by atoms with E-state index in [9.17, 15) is 0 Å². The van der Waals surface area contributed by atoms with Crippen LogP contribution in [-0.4, -0.2) is 19.8 Å². The van der Waals surface area contributed by atoms with Gasteiger partial charge in [-0.3, -0.25) is 0 Å². The Kier molecular flexibility index (Phi) is 2.15. The van der Waals surface area contributed by atoms with Gasteiger partial charge in [0.1, 0.15) is 0 Å². The summed E-state index contributed by atoms with van der Waals surface area (Å²) in [6.45, 7) is 2.71. The van der Waals surface area contributed by atoms with Crippen LogP contribution in [0, 0.1) is 0 Å². The molecule has 2 rings (SSSR count). The zero-order valence-electron chi connectivity index (χ0n) is 7.07. The van der Waals surface area contributed by atoms with E-state index in [0.29, 0.717) is 6.61 Å². The molecule has 0 N–H and O–H groups in total. The highest BCUT2D eigenvalue weighted by atomic mass is 16.6. The second-order valence-electron chi connectivity index (χ2n) is 3.02. The molecule has 3 heteroatoms. The van der Waals surface area contributed by atoms with Gasteiger partial charge in [-0.15, -0.1) is 0 Å². The molecule has 0 spiro atoms. The van der Waals surface area contributed by atoms with Gasteiger partial charge >= 0.3 is 7.12 Å². The van der Waals surface area contributed by atoms with Gasteiger partial charge in [0.05, 0.1) is 12.7 Å². The summed E-state index contributed by atoms with van der Waals surface area (Å²) < 4.78 is 11.0. The van der Waals surface area contributed by atoms with Gasteiger partial charge in [-0.2, -0.15) is 0 Å². The maximum atomic E-state index is 5.53. The summed E-state index contributed by atoms with van der Waals surface area (Å²) in [6.07, 6.45) is 0.218. The maximum absolute atomic E-state index is 5.53. The third-order valence-electron chi connectivity index (χ3n) is 1.91. The number of rotatable bonds is 1. The minimum atomic E-state index is -0.152. The van der Waals surface area contributed by atoms with Crippen LogP contribution in [0.15, 0.2) is 30.3 Å². The van der Waals surface area contributed by atoms with E-state index in [4.69, 9.17) is 9.31 Å². The van der Waals surface area contributed by atoms with E-state index < -0.39 is 0 Å². The summed E-state index contributed by atoms with van der Waals surface area (Å²) in [6, 6.07) is 10.0. The van der Waals surface area contributed by atoms with Gasteiger partial charge < -0.3 is 9.31 Å². The average Bonchev–Trinajstić information content (AvgIpc) is 2.54. The van der Waals surface area contributed by atoms with Crippen molar-refractivity contribution in [3.05, 3.63) is 30.3 Å². The normalized spacial score (nSPS) is 23.1. The van der Waals surface area contributed by atoms with Gasteiger partial charge in [-0.1, -0.05) is 30.3 Å². The van der Waals surface area contributed by atoms with Crippen LogP contribution in [0.25, 0.3) is 0 Å². The van der Waals surface area contributed by atoms with Crippen molar-refractivity contribution in [2.75, 3.05) is 6.61 Å². The Morgan fingerprint density at radius 1 is 1.33 bits per heavy atom. The molecule has 1 saturated heterocycles. The van der Waals surface area contributed by atoms with Gasteiger partial charge in [0.25, 0.3) is 0 Å². The van der Waals surface area contributed by atoms with Crippen molar-refractivity contribution in [2.24, 2.45) is 0 Å². The molecule has 1 aromatic rings. The molecule has 1 fully saturated rings. The quantitative estimate of drug-likeness (QED) is 0.569. The third-order valence-corrected chi connectivity index (χ3v) is 1.91. The molecule has 0 saturated carbocycles. The van der Waals surface area contributed by atoms with Crippen LogP contribution in [-0.2, 0) is 9.31 Å². The fourth-order valence-corrected chi connectivity index (χ4v) is 1.30. The van der Waals surface area contributed by atoms with Crippen molar-refractivity contribution in [2.45, 2.75) is 13.0 Å². The second-order valence-corrected chi connectivity index (χ2v) is 3.02. The monoisotopic (exact) mass is 162 g/mol. The first-order valence-electron chi connectivity index (χ1n) is 4.18. The summed E-state index contributed by atoms with van der Waals surface area (Å²) in [4.78, 5) is 0. The summed E-state index contributed by atoms with van der Waals surface area (Å²) in [7, 11) is -0.152. The number of benzene rings is 1. The Morgan fingerprint density at radius 2 is 2.08 bits per heavy atom. The Balaban J connectivity index is 2.11. The van der Waals surface area contributed by atoms with Crippen LogP contribution < -0.4 is 5.46 Å². The lowest BCUT2D eigenvalue weighted by atomic mass is 9.80. The molecule has 0 radical (unpaired) electrons. The van der Waals surface area contributed by atoms with E-state index in [1.165, 1.54) is 0 Å². The van der Waals surface area contributed by atoms with Gasteiger partial charge in [-0.25, -0.2) is 0 Å². The molecule has 1 aliphatic rings. The van der Waals surface area contributed by atoms with Crippen molar-refractivity contribution in [1.82, 2.24) is 0 Å². The number of hydrogen-bond acceptors (Lipinski definition) is 2. The van der Waals surface area contributed by atoms with Crippen LogP contribution in [0.5, 0.6) is 0 Å². The molecule has 1 aliphatic heterocycles. The molecule has 1 heterocycles. The van der Waals surface area contributed by atoms with Crippen molar-refractivity contribution in [1.29, 1.82) is 0 Å². The summed E-state index contributed by atoms with van der Waals surface area (Å²) in [5.41, 5.74) is 1.10. The number of hydrogen-bond donors (Lipinski definition) is 0. The molecule has 0 amide bonds. The standard InChI is InChI=1S/C9H11BO2/c1-8-7-11-10(12-8)9-5-3-2-4-6-9/h2-6,8H,7H2,1H3. The fourth-order valence-electron chi connectivity index (χ4n) is 1.30. The molecule has 62 valence electrons. The molecule has 1 unspecified atom stereocenters. The summed E-state index contributed by atoms with van der Waals surface area (Å²) >= 11 is 0. The third kappa shape index (κ3) is 1.52. The molecular weight excluding hydrogens is 151 g/mol. The highest BCUT2D eigenvalue weighted by molar-refractivity contribution is 6.61. The van der Waals surface area contributed by atoms with Gasteiger partial charge in [0, 0.05) is 0 Å². The van der Waals surface area contributed by atoms with Gasteiger partial charge in [0.2, 0.25) is 0 Å². The van der Waals surface area contributed by atoms with Gasteiger partial charge in [-0.05, 0) is 12.4 Å². The Morgan fingerprint density at radius 3 is 2.67 bits per heavy atom. The first kappa shape index (κ1) is 7.83. The summed E-state index contributed by atoms with van der Waals surface area (Å²) in [5.74, 6) is 0. The van der Waals surface area contributed by atoms with E-state index in [1.54, 1.807) is 0 Å². The van der Waals surface area contributed by atoms with Crippen LogP contribution in [0.1, 0.15) is 6.92 Å². The maximum Gasteiger partial charge on any atom is 0.494 e. The largest absolute Gasteiger partial charge is 0.494 e. The van der Waals surface area contributed by atoms with Crippen molar-refractivity contribution in [3.63, 3.8) is 0 Å². The SMILES string of the molecule is CC1COB(c2ccccc2)O1. The van der Waals surface area contributed by atoms with Crippen LogP contribution in [0.2, 0.25) is 0 Å². The van der Waals surface area contributed by atoms with E-state index in [1.807, 2.05) is 37.3 Å². The Bertz CT molecular complexity index is 250. The Labute approximate surface area is 72.6 Å². The fraction of sp³-hybridized carbons (Fsp3) is 0.333. The van der Waals surface area contributed by atoms with Crippen molar-refractivity contribution in [3.8, 4) is 0 Å². The minimum Gasteiger partial charge on any atom is -0.405 e. The zero-order valence-corrected chi connectivity index (χ0v) is 7.07. The average molecular weight is 162 g/mol. The first-order chi connectivity index (χ1) is 5.86. The summed E-state index contributed by atoms with van der Waals surface area (Å²) in [5, 5.41) is 0. The van der Waals surface area contributed by atoms with E-state index in [0.717, 1.165) is 5.46 Å². The van der Waals surface area contributed by atoms with Crippen molar-refractivity contribution >= 4 is 12.6 Å². The molecule has 1 aromatic carbocycles. The lowest BCUT2D eigenvalue weighted by Crippen LogP contribution is -2.31. The molecule has 0 bridgehead atoms. The van der Waals surface area contributed by atoms with E-state index in [2.05, 4.69) is 0 Å². The van der Waals surface area contributed by atoms with Crippen molar-refractivity contribution < 1.29 is 9.31 Å². The van der Waals surface area contributed by atoms with E-state index >= 15 is 0 Å². The predicted molar refractivity (Wildman–Crippen MR) is 48.3 cm³/mol. The van der Waals surface area contributed by atoms with E-state index in [-0.39, 0.29) is 13.2 Å². The Hall–Kier alpha value is -0.795. The smallest absolute Gasteiger partial charge is 0.405 e. The topological polar surface area (TPSA) is 18.5 Å². The molecule has 12 heavy (non-hydrogen) atoms. The molecule has 1 atom stereocenters. The molecule has 0 aliphatic carbocycles. The lowest BCUT2D eigenvalue weighted by molar-refractivity contribution is 0.258. The molecular formula is C9H11BO2. The highest BCUT2D eigenvalue weighted by Crippen LogP contribution is 2.06. The molecule has 0 aromatic heterocycles.